The highest BCUT2D eigenvalue weighted by Crippen LogP contribution is 2.34. The Balaban J connectivity index is 1.20. The van der Waals surface area contributed by atoms with Crippen LogP contribution in [0.2, 0.25) is 0 Å². The molecule has 0 unspecified atom stereocenters. The van der Waals surface area contributed by atoms with Crippen molar-refractivity contribution in [3.63, 3.8) is 0 Å². The second-order valence-electron chi connectivity index (χ2n) is 8.02. The Morgan fingerprint density at radius 1 is 1.06 bits per heavy atom. The maximum atomic E-state index is 13.1. The lowest BCUT2D eigenvalue weighted by Gasteiger charge is -2.30. The number of sulfonamides is 1. The Morgan fingerprint density at radius 2 is 1.76 bits per heavy atom. The number of rotatable bonds is 5. The van der Waals surface area contributed by atoms with Gasteiger partial charge in [-0.25, -0.2) is 17.8 Å². The van der Waals surface area contributed by atoms with Crippen LogP contribution in [0.1, 0.15) is 12.8 Å². The predicted molar refractivity (Wildman–Crippen MR) is 125 cm³/mol. The fourth-order valence-electron chi connectivity index (χ4n) is 3.98. The van der Waals surface area contributed by atoms with Crippen molar-refractivity contribution in [3.05, 3.63) is 53.7 Å². The standard InChI is InChI=1S/C23H22FN3O5S2/c24-17-3-1-15(2-4-17)19-14-33-23(25-19)26-22(28)16-7-9-27(10-8-16)34(29,30)18-5-6-20-21(13-18)32-12-11-31-20/h1-6,13-14,16H,7-12H2,(H,25,26,28). The monoisotopic (exact) mass is 503 g/mol. The second kappa shape index (κ2) is 9.32. The zero-order valence-electron chi connectivity index (χ0n) is 18.1. The smallest absolute Gasteiger partial charge is 0.243 e. The fourth-order valence-corrected chi connectivity index (χ4v) is 6.19. The molecule has 11 heteroatoms. The van der Waals surface area contributed by atoms with Gasteiger partial charge < -0.3 is 14.8 Å². The summed E-state index contributed by atoms with van der Waals surface area (Å²) >= 11 is 1.29. The summed E-state index contributed by atoms with van der Waals surface area (Å²) in [7, 11) is -3.70. The van der Waals surface area contributed by atoms with Gasteiger partial charge in [0.2, 0.25) is 15.9 Å². The number of amides is 1. The van der Waals surface area contributed by atoms with Crippen LogP contribution in [0, 0.1) is 11.7 Å². The Morgan fingerprint density at radius 3 is 2.50 bits per heavy atom. The molecule has 1 aromatic heterocycles. The number of nitrogens with one attached hydrogen (secondary N) is 1. The highest BCUT2D eigenvalue weighted by Gasteiger charge is 2.33. The van der Waals surface area contributed by atoms with E-state index in [0.717, 1.165) is 5.56 Å². The molecule has 34 heavy (non-hydrogen) atoms. The van der Waals surface area contributed by atoms with Crippen LogP contribution in [0.3, 0.4) is 0 Å². The molecule has 0 radical (unpaired) electrons. The number of carbonyl (C=O) groups is 1. The molecule has 8 nitrogen and oxygen atoms in total. The van der Waals surface area contributed by atoms with Gasteiger partial charge in [0, 0.05) is 36.0 Å². The summed E-state index contributed by atoms with van der Waals surface area (Å²) in [5.74, 6) is 0.131. The van der Waals surface area contributed by atoms with Crippen LogP contribution in [0.5, 0.6) is 11.5 Å². The minimum absolute atomic E-state index is 0.149. The Kier molecular flexibility index (Phi) is 6.24. The van der Waals surface area contributed by atoms with Crippen molar-refractivity contribution in [2.45, 2.75) is 17.7 Å². The molecule has 0 bridgehead atoms. The van der Waals surface area contributed by atoms with E-state index in [9.17, 15) is 17.6 Å². The first-order valence-electron chi connectivity index (χ1n) is 10.8. The van der Waals surface area contributed by atoms with E-state index in [1.807, 2.05) is 0 Å². The number of benzene rings is 2. The molecule has 5 rings (SSSR count). The minimum Gasteiger partial charge on any atom is -0.486 e. The minimum atomic E-state index is -3.70. The number of nitrogens with zero attached hydrogens (tertiary/aromatic N) is 2. The number of hydrogen-bond acceptors (Lipinski definition) is 7. The van der Waals surface area contributed by atoms with E-state index in [1.165, 1.54) is 39.9 Å². The molecule has 0 saturated carbocycles. The SMILES string of the molecule is O=C(Nc1nc(-c2ccc(F)cc2)cs1)C1CCN(S(=O)(=O)c2ccc3c(c2)OCCO3)CC1. The van der Waals surface area contributed by atoms with Gasteiger partial charge in [-0.2, -0.15) is 4.31 Å². The van der Waals surface area contributed by atoms with Crippen LogP contribution in [-0.2, 0) is 14.8 Å². The van der Waals surface area contributed by atoms with Gasteiger partial charge in [0.15, 0.2) is 16.6 Å². The molecular weight excluding hydrogens is 481 g/mol. The highest BCUT2D eigenvalue weighted by molar-refractivity contribution is 7.89. The van der Waals surface area contributed by atoms with Crippen molar-refractivity contribution in [3.8, 4) is 22.8 Å². The zero-order valence-corrected chi connectivity index (χ0v) is 19.7. The van der Waals surface area contributed by atoms with Gasteiger partial charge >= 0.3 is 0 Å². The molecule has 0 atom stereocenters. The Bertz CT molecular complexity index is 1300. The van der Waals surface area contributed by atoms with Crippen molar-refractivity contribution < 1.29 is 27.1 Å². The number of ether oxygens (including phenoxy) is 2. The van der Waals surface area contributed by atoms with Gasteiger partial charge in [-0.15, -0.1) is 11.3 Å². The van der Waals surface area contributed by atoms with E-state index in [2.05, 4.69) is 10.3 Å². The molecule has 2 aliphatic heterocycles. The molecule has 0 spiro atoms. The Hall–Kier alpha value is -3.02. The summed E-state index contributed by atoms with van der Waals surface area (Å²) in [4.78, 5) is 17.3. The number of hydrogen-bond donors (Lipinski definition) is 1. The molecule has 1 amide bonds. The molecule has 0 aliphatic carbocycles. The zero-order chi connectivity index (χ0) is 23.7. The highest BCUT2D eigenvalue weighted by atomic mass is 32.2. The van der Waals surface area contributed by atoms with E-state index < -0.39 is 10.0 Å². The molecule has 2 aromatic carbocycles. The van der Waals surface area contributed by atoms with Crippen LogP contribution in [0.4, 0.5) is 9.52 Å². The van der Waals surface area contributed by atoms with Gasteiger partial charge in [-0.1, -0.05) is 0 Å². The van der Waals surface area contributed by atoms with E-state index in [-0.39, 0.29) is 35.6 Å². The van der Waals surface area contributed by atoms with Crippen molar-refractivity contribution in [2.75, 3.05) is 31.6 Å². The first-order chi connectivity index (χ1) is 16.4. The lowest BCUT2D eigenvalue weighted by Crippen LogP contribution is -2.41. The summed E-state index contributed by atoms with van der Waals surface area (Å²) in [5, 5.41) is 5.08. The molecule has 3 aromatic rings. The third-order valence-corrected chi connectivity index (χ3v) is 8.50. The molecule has 2 aliphatic rings. The lowest BCUT2D eigenvalue weighted by atomic mass is 9.97. The van der Waals surface area contributed by atoms with Crippen LogP contribution in [0.15, 0.2) is 52.7 Å². The van der Waals surface area contributed by atoms with E-state index >= 15 is 0 Å². The summed E-state index contributed by atoms with van der Waals surface area (Å²) in [5.41, 5.74) is 1.41. The van der Waals surface area contributed by atoms with Gasteiger partial charge in [0.25, 0.3) is 0 Å². The second-order valence-corrected chi connectivity index (χ2v) is 10.8. The average Bonchev–Trinajstić information content (AvgIpc) is 3.32. The summed E-state index contributed by atoms with van der Waals surface area (Å²) in [6.45, 7) is 1.30. The number of anilines is 1. The summed E-state index contributed by atoms with van der Waals surface area (Å²) in [6, 6.07) is 10.6. The number of piperidine rings is 1. The van der Waals surface area contributed by atoms with E-state index in [1.54, 1.807) is 23.6 Å². The van der Waals surface area contributed by atoms with Crippen molar-refractivity contribution in [1.82, 2.24) is 9.29 Å². The van der Waals surface area contributed by atoms with Gasteiger partial charge in [0.1, 0.15) is 19.0 Å². The fraction of sp³-hybridized carbons (Fsp3) is 0.304. The molecular formula is C23H22FN3O5S2. The van der Waals surface area contributed by atoms with Crippen LogP contribution < -0.4 is 14.8 Å². The number of aromatic nitrogens is 1. The third-order valence-electron chi connectivity index (χ3n) is 5.85. The maximum absolute atomic E-state index is 13.1. The molecule has 3 heterocycles. The quantitative estimate of drug-likeness (QED) is 0.570. The number of thiazole rings is 1. The van der Waals surface area contributed by atoms with E-state index in [0.29, 0.717) is 48.4 Å². The largest absolute Gasteiger partial charge is 0.486 e. The normalized spacial score (nSPS) is 16.9. The van der Waals surface area contributed by atoms with Crippen LogP contribution in [-0.4, -0.2) is 49.9 Å². The molecule has 1 N–H and O–H groups in total. The number of halogens is 1. The predicted octanol–water partition coefficient (Wildman–Crippen LogP) is 3.76. The number of carbonyl (C=O) groups excluding carboxylic acids is 1. The topological polar surface area (TPSA) is 97.8 Å². The van der Waals surface area contributed by atoms with Gasteiger partial charge in [0.05, 0.1) is 10.6 Å². The van der Waals surface area contributed by atoms with Gasteiger partial charge in [-0.05, 0) is 49.2 Å². The molecule has 1 saturated heterocycles. The average molecular weight is 504 g/mol. The van der Waals surface area contributed by atoms with E-state index in [4.69, 9.17) is 9.47 Å². The summed E-state index contributed by atoms with van der Waals surface area (Å²) < 4.78 is 51.7. The van der Waals surface area contributed by atoms with Crippen LogP contribution >= 0.6 is 11.3 Å². The lowest BCUT2D eigenvalue weighted by molar-refractivity contribution is -0.120. The molecule has 178 valence electrons. The maximum Gasteiger partial charge on any atom is 0.243 e. The summed E-state index contributed by atoms with van der Waals surface area (Å²) in [6.07, 6.45) is 0.817. The number of fused-ring (bicyclic) bond motifs is 1. The van der Waals surface area contributed by atoms with Crippen LogP contribution in [0.25, 0.3) is 11.3 Å². The first-order valence-corrected chi connectivity index (χ1v) is 13.1. The molecule has 1 fully saturated rings. The van der Waals surface area contributed by atoms with Crippen molar-refractivity contribution in [1.29, 1.82) is 0 Å². The van der Waals surface area contributed by atoms with Crippen molar-refractivity contribution >= 4 is 32.4 Å². The Labute approximate surface area is 200 Å². The third kappa shape index (κ3) is 4.63. The van der Waals surface area contributed by atoms with Crippen molar-refractivity contribution in [2.24, 2.45) is 5.92 Å². The van der Waals surface area contributed by atoms with Gasteiger partial charge in [-0.3, -0.25) is 4.79 Å². The first kappa shape index (κ1) is 22.8.